The van der Waals surface area contributed by atoms with Gasteiger partial charge in [0.1, 0.15) is 28.3 Å². The Hall–Kier alpha value is -3.02. The van der Waals surface area contributed by atoms with Gasteiger partial charge in [-0.15, -0.1) is 0 Å². The molecule has 174 valence electrons. The second kappa shape index (κ2) is 8.08. The fourth-order valence-corrected chi connectivity index (χ4v) is 5.70. The number of sulfonamides is 1. The summed E-state index contributed by atoms with van der Waals surface area (Å²) in [6.45, 7) is 4.31. The Kier molecular flexibility index (Phi) is 5.34. The van der Waals surface area contributed by atoms with Gasteiger partial charge >= 0.3 is 0 Å². The predicted molar refractivity (Wildman–Crippen MR) is 124 cm³/mol. The molecule has 0 amide bonds. The van der Waals surface area contributed by atoms with Gasteiger partial charge in [0, 0.05) is 38.8 Å². The van der Waals surface area contributed by atoms with Crippen LogP contribution in [0.1, 0.15) is 19.0 Å². The van der Waals surface area contributed by atoms with Gasteiger partial charge in [-0.3, -0.25) is 9.48 Å². The number of aryl methyl sites for hydroxylation is 2. The minimum Gasteiger partial charge on any atom is -0.462 e. The number of hydrogen-bond donors (Lipinski definition) is 1. The third-order valence-electron chi connectivity index (χ3n) is 6.13. The SMILES string of the molecule is CCCc1nn(C)c2c(=O)[nH]c(-c3ccc4cc(S(=O)(=O)N5CCN(C)CC5)coc3-4)nc12. The van der Waals surface area contributed by atoms with Crippen molar-refractivity contribution in [1.29, 1.82) is 0 Å². The monoisotopic (exact) mass is 470 g/mol. The fraction of sp³-hybridized carbons (Fsp3) is 0.409. The van der Waals surface area contributed by atoms with E-state index in [2.05, 4.69) is 20.0 Å². The quantitative estimate of drug-likeness (QED) is 0.473. The summed E-state index contributed by atoms with van der Waals surface area (Å²) in [7, 11) is 0.0567. The molecule has 10 nitrogen and oxygen atoms in total. The van der Waals surface area contributed by atoms with Crippen LogP contribution in [0.25, 0.3) is 33.7 Å². The van der Waals surface area contributed by atoms with Crippen molar-refractivity contribution in [2.75, 3.05) is 33.2 Å². The van der Waals surface area contributed by atoms with E-state index in [-0.39, 0.29) is 10.5 Å². The van der Waals surface area contributed by atoms with Crippen LogP contribution in [0, 0.1) is 0 Å². The Bertz CT molecular complexity index is 1460. The molecule has 0 aromatic carbocycles. The third kappa shape index (κ3) is 3.65. The average molecular weight is 471 g/mol. The van der Waals surface area contributed by atoms with Crippen LogP contribution in [0.2, 0.25) is 0 Å². The Morgan fingerprint density at radius 2 is 1.91 bits per heavy atom. The van der Waals surface area contributed by atoms with E-state index in [0.717, 1.165) is 12.1 Å². The van der Waals surface area contributed by atoms with Crippen LogP contribution in [0.5, 0.6) is 0 Å². The molecule has 0 bridgehead atoms. The summed E-state index contributed by atoms with van der Waals surface area (Å²) in [6.07, 6.45) is 2.87. The minimum atomic E-state index is -3.65. The van der Waals surface area contributed by atoms with Gasteiger partial charge < -0.3 is 14.3 Å². The van der Waals surface area contributed by atoms with Gasteiger partial charge in [0.05, 0.1) is 11.3 Å². The van der Waals surface area contributed by atoms with E-state index >= 15 is 0 Å². The third-order valence-corrected chi connectivity index (χ3v) is 7.99. The lowest BCUT2D eigenvalue weighted by molar-refractivity contribution is 0.222. The number of likely N-dealkylation sites (N-methyl/N-ethyl adjacent to an activating group) is 1. The lowest BCUT2D eigenvalue weighted by Crippen LogP contribution is -2.47. The maximum Gasteiger partial charge on any atom is 0.277 e. The lowest BCUT2D eigenvalue weighted by atomic mass is 10.2. The molecule has 0 radical (unpaired) electrons. The van der Waals surface area contributed by atoms with Crippen LogP contribution in [0.4, 0.5) is 0 Å². The molecule has 33 heavy (non-hydrogen) atoms. The van der Waals surface area contributed by atoms with Crippen molar-refractivity contribution in [3.8, 4) is 22.7 Å². The van der Waals surface area contributed by atoms with Gasteiger partial charge in [0.15, 0.2) is 5.52 Å². The first-order valence-corrected chi connectivity index (χ1v) is 12.4. The van der Waals surface area contributed by atoms with E-state index in [4.69, 9.17) is 4.42 Å². The molecule has 2 aromatic rings. The highest BCUT2D eigenvalue weighted by atomic mass is 32.2. The van der Waals surface area contributed by atoms with Gasteiger partial charge in [0.2, 0.25) is 10.0 Å². The molecular weight excluding hydrogens is 444 g/mol. The molecule has 1 fully saturated rings. The number of piperazine rings is 1. The van der Waals surface area contributed by atoms with Gasteiger partial charge in [0.25, 0.3) is 5.56 Å². The second-order valence-electron chi connectivity index (χ2n) is 8.45. The zero-order valence-electron chi connectivity index (χ0n) is 18.8. The topological polar surface area (TPSA) is 117 Å². The molecule has 1 aliphatic carbocycles. The fourth-order valence-electron chi connectivity index (χ4n) is 4.31. The number of aromatic amines is 1. The van der Waals surface area contributed by atoms with Crippen molar-refractivity contribution in [3.63, 3.8) is 0 Å². The molecule has 2 aromatic heterocycles. The van der Waals surface area contributed by atoms with Gasteiger partial charge in [-0.1, -0.05) is 19.4 Å². The van der Waals surface area contributed by atoms with Crippen LogP contribution in [-0.2, 0) is 23.5 Å². The predicted octanol–water partition coefficient (Wildman–Crippen LogP) is 1.91. The molecule has 4 heterocycles. The van der Waals surface area contributed by atoms with E-state index < -0.39 is 10.0 Å². The first kappa shape index (κ1) is 21.8. The van der Waals surface area contributed by atoms with Crippen molar-refractivity contribution >= 4 is 21.1 Å². The largest absolute Gasteiger partial charge is 0.462 e. The number of rotatable bonds is 5. The van der Waals surface area contributed by atoms with Crippen LogP contribution < -0.4 is 5.56 Å². The zero-order valence-corrected chi connectivity index (χ0v) is 19.6. The Morgan fingerprint density at radius 3 is 2.64 bits per heavy atom. The molecule has 0 saturated carbocycles. The molecule has 1 N–H and O–H groups in total. The average Bonchev–Trinajstić information content (AvgIpc) is 3.35. The number of nitrogens with zero attached hydrogens (tertiary/aromatic N) is 5. The standard InChI is InChI=1S/C22H26N6O4S/c1-4-5-17-18-19(27(3)25-17)22(29)24-21(23-18)16-7-6-14-12-15(13-32-20(14)16)33(30,31)28-10-8-26(2)9-11-28/h6-7,12-13H,4-5,8-11H2,1-3H3,(H,23,24,29). The summed E-state index contributed by atoms with van der Waals surface area (Å²) in [5.41, 5.74) is 2.71. The Balaban J connectivity index is 1.55. The van der Waals surface area contributed by atoms with Crippen molar-refractivity contribution < 1.29 is 12.8 Å². The molecule has 1 saturated heterocycles. The molecule has 3 aliphatic rings. The highest BCUT2D eigenvalue weighted by molar-refractivity contribution is 7.89. The molecule has 2 aliphatic heterocycles. The lowest BCUT2D eigenvalue weighted by Gasteiger charge is -2.31. The first-order valence-electron chi connectivity index (χ1n) is 11.0. The number of nitrogens with one attached hydrogen (secondary N) is 1. The van der Waals surface area contributed by atoms with E-state index in [1.165, 1.54) is 10.6 Å². The van der Waals surface area contributed by atoms with Crippen molar-refractivity contribution in [3.05, 3.63) is 40.5 Å². The second-order valence-corrected chi connectivity index (χ2v) is 10.4. The van der Waals surface area contributed by atoms with E-state index in [9.17, 15) is 13.2 Å². The maximum absolute atomic E-state index is 13.1. The molecular formula is C22H26N6O4S. The van der Waals surface area contributed by atoms with Gasteiger partial charge in [-0.25, -0.2) is 13.4 Å². The minimum absolute atomic E-state index is 0.117. The summed E-state index contributed by atoms with van der Waals surface area (Å²) in [4.78, 5) is 22.5. The summed E-state index contributed by atoms with van der Waals surface area (Å²) in [5.74, 6) is 0.835. The maximum atomic E-state index is 13.1. The molecule has 5 rings (SSSR count). The Labute approximate surface area is 191 Å². The first-order chi connectivity index (χ1) is 15.8. The number of fused-ring (bicyclic) bond motifs is 2. The van der Waals surface area contributed by atoms with Gasteiger partial charge in [-0.05, 0) is 25.6 Å². The highest BCUT2D eigenvalue weighted by Crippen LogP contribution is 2.36. The number of aromatic nitrogens is 4. The summed E-state index contributed by atoms with van der Waals surface area (Å²) in [6, 6.07) is 5.16. The summed E-state index contributed by atoms with van der Waals surface area (Å²) < 4.78 is 35.0. The highest BCUT2D eigenvalue weighted by Gasteiger charge is 2.29. The van der Waals surface area contributed by atoms with E-state index in [1.807, 2.05) is 14.0 Å². The normalized spacial score (nSPS) is 16.2. The molecule has 0 atom stereocenters. The van der Waals surface area contributed by atoms with Crippen LogP contribution in [0.15, 0.2) is 38.6 Å². The van der Waals surface area contributed by atoms with Crippen LogP contribution in [-0.4, -0.2) is 70.6 Å². The smallest absolute Gasteiger partial charge is 0.277 e. The van der Waals surface area contributed by atoms with Crippen molar-refractivity contribution in [2.45, 2.75) is 24.7 Å². The number of hydrogen-bond acceptors (Lipinski definition) is 7. The van der Waals surface area contributed by atoms with Gasteiger partial charge in [-0.2, -0.15) is 9.40 Å². The number of H-pyrrole nitrogens is 1. The van der Waals surface area contributed by atoms with E-state index in [1.54, 1.807) is 29.9 Å². The van der Waals surface area contributed by atoms with Crippen molar-refractivity contribution in [2.24, 2.45) is 7.05 Å². The van der Waals surface area contributed by atoms with Crippen LogP contribution in [0.3, 0.4) is 0 Å². The molecule has 0 spiro atoms. The summed E-state index contributed by atoms with van der Waals surface area (Å²) >= 11 is 0. The zero-order chi connectivity index (χ0) is 23.3. The van der Waals surface area contributed by atoms with Crippen LogP contribution >= 0.6 is 0 Å². The molecule has 11 heteroatoms. The van der Waals surface area contributed by atoms with Crippen molar-refractivity contribution in [1.82, 2.24) is 29.0 Å². The summed E-state index contributed by atoms with van der Waals surface area (Å²) in [5, 5.41) is 4.45. The molecule has 0 unspecified atom stereocenters. The van der Waals surface area contributed by atoms with E-state index in [0.29, 0.717) is 66.3 Å². The Morgan fingerprint density at radius 1 is 1.15 bits per heavy atom.